The van der Waals surface area contributed by atoms with Gasteiger partial charge < -0.3 is 10.4 Å². The minimum Gasteiger partial charge on any atom is -0.481 e. The Labute approximate surface area is 97.3 Å². The number of amides is 1. The van der Waals surface area contributed by atoms with E-state index in [9.17, 15) is 9.59 Å². The predicted octanol–water partition coefficient (Wildman–Crippen LogP) is 1.73. The molecule has 2 N–H and O–H groups in total. The normalized spacial score (nSPS) is 24.2. The van der Waals surface area contributed by atoms with Crippen LogP contribution in [0, 0.1) is 5.92 Å². The number of rotatable bonds is 3. The van der Waals surface area contributed by atoms with Gasteiger partial charge in [0, 0.05) is 17.0 Å². The lowest BCUT2D eigenvalue weighted by Gasteiger charge is -2.11. The summed E-state index contributed by atoms with van der Waals surface area (Å²) in [4.78, 5) is 22.4. The van der Waals surface area contributed by atoms with Crippen LogP contribution in [-0.2, 0) is 4.79 Å². The van der Waals surface area contributed by atoms with Gasteiger partial charge in [-0.2, -0.15) is 11.3 Å². The molecule has 0 bridgehead atoms. The lowest BCUT2D eigenvalue weighted by Crippen LogP contribution is -2.33. The van der Waals surface area contributed by atoms with Crippen LogP contribution in [0.2, 0.25) is 0 Å². The van der Waals surface area contributed by atoms with Crippen LogP contribution in [0.4, 0.5) is 0 Å². The van der Waals surface area contributed by atoms with Crippen LogP contribution in [0.15, 0.2) is 16.8 Å². The summed E-state index contributed by atoms with van der Waals surface area (Å²) in [6, 6.07) is 1.78. The van der Waals surface area contributed by atoms with E-state index < -0.39 is 5.97 Å². The van der Waals surface area contributed by atoms with Crippen molar-refractivity contribution < 1.29 is 14.7 Å². The highest BCUT2D eigenvalue weighted by Crippen LogP contribution is 2.25. The summed E-state index contributed by atoms with van der Waals surface area (Å²) in [5.41, 5.74) is 0.656. The van der Waals surface area contributed by atoms with E-state index in [-0.39, 0.29) is 17.9 Å². The van der Waals surface area contributed by atoms with Crippen molar-refractivity contribution in [3.8, 4) is 0 Å². The molecule has 1 aliphatic rings. The molecule has 0 spiro atoms. The SMILES string of the molecule is O=C(N[C@@H]1CC[C@H](C(=O)O)C1)c1ccsc1. The number of carboxylic acid groups (broad SMARTS) is 1. The lowest BCUT2D eigenvalue weighted by molar-refractivity contribution is -0.141. The van der Waals surface area contributed by atoms with E-state index in [4.69, 9.17) is 5.11 Å². The highest BCUT2D eigenvalue weighted by molar-refractivity contribution is 7.08. The topological polar surface area (TPSA) is 66.4 Å². The molecule has 0 unspecified atom stereocenters. The van der Waals surface area contributed by atoms with Crippen LogP contribution in [0.1, 0.15) is 29.6 Å². The number of aliphatic carboxylic acids is 1. The molecular weight excluding hydrogens is 226 g/mol. The van der Waals surface area contributed by atoms with Gasteiger partial charge in [-0.1, -0.05) is 0 Å². The zero-order chi connectivity index (χ0) is 11.5. The maximum Gasteiger partial charge on any atom is 0.306 e. The van der Waals surface area contributed by atoms with Gasteiger partial charge in [0.2, 0.25) is 0 Å². The van der Waals surface area contributed by atoms with Crippen molar-refractivity contribution in [3.05, 3.63) is 22.4 Å². The van der Waals surface area contributed by atoms with Crippen LogP contribution in [-0.4, -0.2) is 23.0 Å². The van der Waals surface area contributed by atoms with Crippen molar-refractivity contribution in [1.82, 2.24) is 5.32 Å². The smallest absolute Gasteiger partial charge is 0.306 e. The van der Waals surface area contributed by atoms with Crippen molar-refractivity contribution in [2.24, 2.45) is 5.92 Å². The van der Waals surface area contributed by atoms with Gasteiger partial charge in [0.25, 0.3) is 5.91 Å². The molecule has 1 aliphatic carbocycles. The molecule has 1 aromatic heterocycles. The molecule has 2 rings (SSSR count). The molecular formula is C11H13NO3S. The van der Waals surface area contributed by atoms with Crippen molar-refractivity contribution in [3.63, 3.8) is 0 Å². The summed E-state index contributed by atoms with van der Waals surface area (Å²) >= 11 is 1.48. The standard InChI is InChI=1S/C11H13NO3S/c13-10(8-3-4-16-6-8)12-9-2-1-7(5-9)11(14)15/h3-4,6-7,9H,1-2,5H2,(H,12,13)(H,14,15)/t7-,9+/m0/s1. The number of hydrogen-bond donors (Lipinski definition) is 2. The maximum atomic E-state index is 11.7. The van der Waals surface area contributed by atoms with Crippen molar-refractivity contribution in [1.29, 1.82) is 0 Å². The number of thiophene rings is 1. The van der Waals surface area contributed by atoms with Crippen LogP contribution < -0.4 is 5.32 Å². The highest BCUT2D eigenvalue weighted by atomic mass is 32.1. The van der Waals surface area contributed by atoms with E-state index in [1.807, 2.05) is 5.38 Å². The maximum absolute atomic E-state index is 11.7. The fourth-order valence-electron chi connectivity index (χ4n) is 2.00. The molecule has 1 amide bonds. The summed E-state index contributed by atoms with van der Waals surface area (Å²) in [5, 5.41) is 15.4. The van der Waals surface area contributed by atoms with Crippen molar-refractivity contribution in [2.45, 2.75) is 25.3 Å². The van der Waals surface area contributed by atoms with Gasteiger partial charge in [-0.3, -0.25) is 9.59 Å². The second kappa shape index (κ2) is 4.65. The molecule has 0 radical (unpaired) electrons. The van der Waals surface area contributed by atoms with Gasteiger partial charge in [-0.25, -0.2) is 0 Å². The Morgan fingerprint density at radius 1 is 1.44 bits per heavy atom. The van der Waals surface area contributed by atoms with E-state index in [1.54, 1.807) is 11.4 Å². The Bertz CT molecular complexity index is 388. The average molecular weight is 239 g/mol. The second-order valence-corrected chi connectivity index (χ2v) is 4.81. The molecule has 4 nitrogen and oxygen atoms in total. The van der Waals surface area contributed by atoms with Gasteiger partial charge in [-0.15, -0.1) is 0 Å². The zero-order valence-corrected chi connectivity index (χ0v) is 9.50. The number of hydrogen-bond acceptors (Lipinski definition) is 3. The van der Waals surface area contributed by atoms with Gasteiger partial charge in [-0.05, 0) is 30.7 Å². The highest BCUT2D eigenvalue weighted by Gasteiger charge is 2.30. The zero-order valence-electron chi connectivity index (χ0n) is 8.68. The quantitative estimate of drug-likeness (QED) is 0.844. The minimum atomic E-state index is -0.757. The Morgan fingerprint density at radius 3 is 2.81 bits per heavy atom. The largest absolute Gasteiger partial charge is 0.481 e. The molecule has 2 atom stereocenters. The molecule has 86 valence electrons. The molecule has 1 heterocycles. The first-order valence-electron chi connectivity index (χ1n) is 5.22. The van der Waals surface area contributed by atoms with Gasteiger partial charge >= 0.3 is 5.97 Å². The fourth-order valence-corrected chi connectivity index (χ4v) is 2.64. The third-order valence-corrected chi connectivity index (χ3v) is 3.58. The van der Waals surface area contributed by atoms with E-state index in [1.165, 1.54) is 11.3 Å². The van der Waals surface area contributed by atoms with E-state index in [2.05, 4.69) is 5.32 Å². The predicted molar refractivity (Wildman–Crippen MR) is 60.6 cm³/mol. The molecule has 0 aromatic carbocycles. The summed E-state index contributed by atoms with van der Waals surface area (Å²) in [5.74, 6) is -1.16. The lowest BCUT2D eigenvalue weighted by atomic mass is 10.1. The van der Waals surface area contributed by atoms with Crippen LogP contribution in [0.5, 0.6) is 0 Å². The number of carbonyl (C=O) groups excluding carboxylic acids is 1. The summed E-state index contributed by atoms with van der Waals surface area (Å²) in [6.45, 7) is 0. The molecule has 16 heavy (non-hydrogen) atoms. The monoisotopic (exact) mass is 239 g/mol. The van der Waals surface area contributed by atoms with Gasteiger partial charge in [0.05, 0.1) is 5.92 Å². The van der Waals surface area contributed by atoms with Gasteiger partial charge in [0.1, 0.15) is 0 Å². The van der Waals surface area contributed by atoms with E-state index in [0.29, 0.717) is 18.4 Å². The summed E-state index contributed by atoms with van der Waals surface area (Å²) in [7, 11) is 0. The first kappa shape index (κ1) is 11.1. The molecule has 1 saturated carbocycles. The van der Waals surface area contributed by atoms with Crippen molar-refractivity contribution in [2.75, 3.05) is 0 Å². The van der Waals surface area contributed by atoms with Gasteiger partial charge in [0.15, 0.2) is 0 Å². The first-order chi connectivity index (χ1) is 7.66. The van der Waals surface area contributed by atoms with Crippen molar-refractivity contribution >= 4 is 23.2 Å². The Kier molecular flexibility index (Phi) is 3.24. The fraction of sp³-hybridized carbons (Fsp3) is 0.455. The molecule has 1 aromatic rings. The van der Waals surface area contributed by atoms with Crippen LogP contribution >= 0.6 is 11.3 Å². The molecule has 5 heteroatoms. The Hall–Kier alpha value is -1.36. The third kappa shape index (κ3) is 2.41. The summed E-state index contributed by atoms with van der Waals surface area (Å²) in [6.07, 6.45) is 1.96. The average Bonchev–Trinajstić information content (AvgIpc) is 2.87. The Balaban J connectivity index is 1.88. The number of carbonyl (C=O) groups is 2. The minimum absolute atomic E-state index is 0.00787. The molecule has 0 aliphatic heterocycles. The summed E-state index contributed by atoms with van der Waals surface area (Å²) < 4.78 is 0. The molecule has 1 fully saturated rings. The number of carboxylic acids is 1. The van der Waals surface area contributed by atoms with Crippen LogP contribution in [0.25, 0.3) is 0 Å². The first-order valence-corrected chi connectivity index (χ1v) is 6.17. The second-order valence-electron chi connectivity index (χ2n) is 4.03. The number of nitrogens with one attached hydrogen (secondary N) is 1. The van der Waals surface area contributed by atoms with E-state index >= 15 is 0 Å². The molecule has 0 saturated heterocycles. The van der Waals surface area contributed by atoms with E-state index in [0.717, 1.165) is 6.42 Å². The van der Waals surface area contributed by atoms with Crippen LogP contribution in [0.3, 0.4) is 0 Å². The Morgan fingerprint density at radius 2 is 2.25 bits per heavy atom. The third-order valence-electron chi connectivity index (χ3n) is 2.90.